The smallest absolute Gasteiger partial charge is 0.248 e. The number of furan rings is 1. The molecular formula is C17H23N3O2. The molecule has 0 N–H and O–H groups in total. The summed E-state index contributed by atoms with van der Waals surface area (Å²) >= 11 is 0. The molecule has 1 aliphatic rings. The summed E-state index contributed by atoms with van der Waals surface area (Å²) in [5.74, 6) is 0.943. The number of carbonyl (C=O) groups is 1. The second-order valence-corrected chi connectivity index (χ2v) is 6.22. The van der Waals surface area contributed by atoms with Gasteiger partial charge in [0.2, 0.25) is 5.91 Å². The van der Waals surface area contributed by atoms with Crippen LogP contribution in [0.25, 0.3) is 0 Å². The molecule has 118 valence electrons. The summed E-state index contributed by atoms with van der Waals surface area (Å²) in [6, 6.07) is 5.78. The number of aryl methyl sites for hydroxylation is 2. The highest BCUT2D eigenvalue weighted by atomic mass is 16.3. The Morgan fingerprint density at radius 3 is 2.64 bits per heavy atom. The van der Waals surface area contributed by atoms with Gasteiger partial charge in [-0.3, -0.25) is 9.48 Å². The Morgan fingerprint density at radius 2 is 2.14 bits per heavy atom. The van der Waals surface area contributed by atoms with E-state index in [4.69, 9.17) is 4.42 Å². The third kappa shape index (κ3) is 2.67. The Kier molecular flexibility index (Phi) is 3.81. The SMILES string of the molecule is Cc1cc(C)n([C@@H](C)C(=O)N(C2CC2)[C@H](C)c2ccco2)n1. The van der Waals surface area contributed by atoms with E-state index in [2.05, 4.69) is 5.10 Å². The van der Waals surface area contributed by atoms with Crippen LogP contribution in [0.1, 0.15) is 55.9 Å². The molecule has 0 bridgehead atoms. The highest BCUT2D eigenvalue weighted by Gasteiger charge is 2.39. The van der Waals surface area contributed by atoms with E-state index in [0.717, 1.165) is 30.0 Å². The van der Waals surface area contributed by atoms with Crippen LogP contribution in [0.2, 0.25) is 0 Å². The van der Waals surface area contributed by atoms with E-state index in [1.165, 1.54) is 0 Å². The van der Waals surface area contributed by atoms with Crippen LogP contribution in [0.5, 0.6) is 0 Å². The van der Waals surface area contributed by atoms with Crippen LogP contribution in [0.4, 0.5) is 0 Å². The molecule has 0 spiro atoms. The van der Waals surface area contributed by atoms with Gasteiger partial charge in [-0.1, -0.05) is 0 Å². The topological polar surface area (TPSA) is 51.3 Å². The molecule has 0 aliphatic heterocycles. The Morgan fingerprint density at radius 1 is 1.41 bits per heavy atom. The first-order valence-corrected chi connectivity index (χ1v) is 7.87. The summed E-state index contributed by atoms with van der Waals surface area (Å²) < 4.78 is 7.32. The molecule has 0 aromatic carbocycles. The van der Waals surface area contributed by atoms with E-state index < -0.39 is 0 Å². The number of amides is 1. The van der Waals surface area contributed by atoms with Gasteiger partial charge >= 0.3 is 0 Å². The van der Waals surface area contributed by atoms with Crippen LogP contribution in [-0.2, 0) is 4.79 Å². The lowest BCUT2D eigenvalue weighted by atomic mass is 10.1. The quantitative estimate of drug-likeness (QED) is 0.850. The fourth-order valence-electron chi connectivity index (χ4n) is 3.06. The highest BCUT2D eigenvalue weighted by Crippen LogP contribution is 2.36. The van der Waals surface area contributed by atoms with E-state index in [0.29, 0.717) is 6.04 Å². The van der Waals surface area contributed by atoms with E-state index in [1.54, 1.807) is 6.26 Å². The Bertz CT molecular complexity index is 656. The third-order valence-electron chi connectivity index (χ3n) is 4.34. The molecule has 2 atom stereocenters. The number of nitrogens with zero attached hydrogens (tertiary/aromatic N) is 3. The van der Waals surface area contributed by atoms with Gasteiger partial charge in [-0.15, -0.1) is 0 Å². The molecule has 1 fully saturated rings. The summed E-state index contributed by atoms with van der Waals surface area (Å²) in [6.07, 6.45) is 3.80. The highest BCUT2D eigenvalue weighted by molar-refractivity contribution is 5.81. The Hall–Kier alpha value is -2.04. The maximum absolute atomic E-state index is 13.0. The van der Waals surface area contributed by atoms with Gasteiger partial charge in [-0.05, 0) is 58.7 Å². The molecule has 2 heterocycles. The molecule has 1 saturated carbocycles. The van der Waals surface area contributed by atoms with Gasteiger partial charge in [0, 0.05) is 11.7 Å². The first-order valence-electron chi connectivity index (χ1n) is 7.87. The normalized spacial score (nSPS) is 17.3. The zero-order valence-corrected chi connectivity index (χ0v) is 13.6. The number of carbonyl (C=O) groups excluding carboxylic acids is 1. The van der Waals surface area contributed by atoms with Crippen LogP contribution in [0.15, 0.2) is 28.9 Å². The minimum atomic E-state index is -0.299. The van der Waals surface area contributed by atoms with Gasteiger partial charge in [0.1, 0.15) is 11.8 Å². The molecule has 1 aliphatic carbocycles. The monoisotopic (exact) mass is 301 g/mol. The Labute approximate surface area is 130 Å². The van der Waals surface area contributed by atoms with E-state index in [9.17, 15) is 4.79 Å². The standard InChI is InChI=1S/C17H23N3O2/c1-11-10-12(2)20(18-11)14(4)17(21)19(15-7-8-15)13(3)16-6-5-9-22-16/h5-6,9-10,13-15H,7-8H2,1-4H3/t13-,14+/m1/s1. The molecular weight excluding hydrogens is 278 g/mol. The van der Waals surface area contributed by atoms with E-state index >= 15 is 0 Å². The second-order valence-electron chi connectivity index (χ2n) is 6.22. The van der Waals surface area contributed by atoms with Crippen molar-refractivity contribution in [1.29, 1.82) is 0 Å². The van der Waals surface area contributed by atoms with Crippen LogP contribution < -0.4 is 0 Å². The molecule has 0 radical (unpaired) electrons. The van der Waals surface area contributed by atoms with Crippen molar-refractivity contribution in [3.05, 3.63) is 41.6 Å². The second kappa shape index (κ2) is 5.63. The minimum Gasteiger partial charge on any atom is -0.467 e. The van der Waals surface area contributed by atoms with Gasteiger partial charge in [0.05, 0.1) is 18.0 Å². The summed E-state index contributed by atoms with van der Waals surface area (Å²) in [4.78, 5) is 15.0. The van der Waals surface area contributed by atoms with Gasteiger partial charge in [0.15, 0.2) is 0 Å². The van der Waals surface area contributed by atoms with Crippen LogP contribution in [0.3, 0.4) is 0 Å². The number of hydrogen-bond donors (Lipinski definition) is 0. The Balaban J connectivity index is 1.85. The third-order valence-corrected chi connectivity index (χ3v) is 4.34. The molecule has 0 saturated heterocycles. The minimum absolute atomic E-state index is 0.0468. The van der Waals surface area contributed by atoms with Crippen molar-refractivity contribution in [2.75, 3.05) is 0 Å². The number of aromatic nitrogens is 2. The molecule has 1 amide bonds. The lowest BCUT2D eigenvalue weighted by molar-refractivity contribution is -0.138. The largest absolute Gasteiger partial charge is 0.467 e. The molecule has 5 nitrogen and oxygen atoms in total. The lowest BCUT2D eigenvalue weighted by Gasteiger charge is -2.31. The zero-order valence-electron chi connectivity index (χ0n) is 13.6. The summed E-state index contributed by atoms with van der Waals surface area (Å²) in [7, 11) is 0. The maximum atomic E-state index is 13.0. The van der Waals surface area contributed by atoms with Gasteiger partial charge in [-0.25, -0.2) is 0 Å². The summed E-state index contributed by atoms with van der Waals surface area (Å²) in [5.41, 5.74) is 1.95. The molecule has 2 aromatic heterocycles. The van der Waals surface area contributed by atoms with Crippen molar-refractivity contribution in [1.82, 2.24) is 14.7 Å². The van der Waals surface area contributed by atoms with Crippen LogP contribution in [0, 0.1) is 13.8 Å². The molecule has 2 aromatic rings. The van der Waals surface area contributed by atoms with Crippen LogP contribution in [-0.4, -0.2) is 26.6 Å². The molecule has 22 heavy (non-hydrogen) atoms. The van der Waals surface area contributed by atoms with Crippen molar-refractivity contribution in [3.8, 4) is 0 Å². The fraction of sp³-hybridized carbons (Fsp3) is 0.529. The average molecular weight is 301 g/mol. The van der Waals surface area contributed by atoms with Gasteiger partial charge in [0.25, 0.3) is 0 Å². The number of rotatable bonds is 5. The van der Waals surface area contributed by atoms with Crippen molar-refractivity contribution in [2.45, 2.75) is 58.7 Å². The van der Waals surface area contributed by atoms with Crippen molar-refractivity contribution in [2.24, 2.45) is 0 Å². The average Bonchev–Trinajstić information content (AvgIpc) is 3.03. The molecule has 0 unspecified atom stereocenters. The predicted molar refractivity (Wildman–Crippen MR) is 83.4 cm³/mol. The first kappa shape index (κ1) is 14.9. The number of hydrogen-bond acceptors (Lipinski definition) is 3. The van der Waals surface area contributed by atoms with E-state index in [1.807, 2.05) is 55.5 Å². The molecule has 5 heteroatoms. The summed E-state index contributed by atoms with van der Waals surface area (Å²) in [5, 5.41) is 4.46. The van der Waals surface area contributed by atoms with Gasteiger partial charge < -0.3 is 9.32 Å². The lowest BCUT2D eigenvalue weighted by Crippen LogP contribution is -2.40. The van der Waals surface area contributed by atoms with Crippen molar-refractivity contribution >= 4 is 5.91 Å². The zero-order chi connectivity index (χ0) is 15.9. The summed E-state index contributed by atoms with van der Waals surface area (Å²) in [6.45, 7) is 7.89. The van der Waals surface area contributed by atoms with E-state index in [-0.39, 0.29) is 18.0 Å². The van der Waals surface area contributed by atoms with Crippen molar-refractivity contribution in [3.63, 3.8) is 0 Å². The molecule has 3 rings (SSSR count). The predicted octanol–water partition coefficient (Wildman–Crippen LogP) is 3.41. The maximum Gasteiger partial charge on any atom is 0.248 e. The van der Waals surface area contributed by atoms with Crippen molar-refractivity contribution < 1.29 is 9.21 Å². The first-order chi connectivity index (χ1) is 10.5. The van der Waals surface area contributed by atoms with Gasteiger partial charge in [-0.2, -0.15) is 5.10 Å². The fourth-order valence-corrected chi connectivity index (χ4v) is 3.06. The van der Waals surface area contributed by atoms with Crippen LogP contribution >= 0.6 is 0 Å².